The van der Waals surface area contributed by atoms with Crippen molar-refractivity contribution < 1.29 is 9.53 Å². The molecule has 1 heterocycles. The molecule has 1 aromatic heterocycles. The van der Waals surface area contributed by atoms with E-state index in [2.05, 4.69) is 25.7 Å². The Morgan fingerprint density at radius 3 is 2.64 bits per heavy atom. The van der Waals surface area contributed by atoms with Crippen molar-refractivity contribution in [3.05, 3.63) is 41.0 Å². The van der Waals surface area contributed by atoms with Gasteiger partial charge in [0.05, 0.1) is 12.1 Å². The summed E-state index contributed by atoms with van der Waals surface area (Å²) in [6.45, 7) is 1.79. The highest BCUT2D eigenvalue weighted by Gasteiger charge is 2.10. The molecule has 0 radical (unpaired) electrons. The Balaban J connectivity index is 1.90. The quantitative estimate of drug-likeness (QED) is 0.702. The first kappa shape index (κ1) is 19.0. The molecule has 0 spiro atoms. The number of hydrogen-bond acceptors (Lipinski definition) is 6. The SMILES string of the molecule is COc1ccc(NC(=O)c2ccc(NCCCN(C)C)nn2)cc1Cl. The molecule has 0 saturated carbocycles. The summed E-state index contributed by atoms with van der Waals surface area (Å²) in [5, 5.41) is 14.3. The summed E-state index contributed by atoms with van der Waals surface area (Å²) < 4.78 is 5.08. The van der Waals surface area contributed by atoms with Crippen molar-refractivity contribution in [1.29, 1.82) is 0 Å². The third-order valence-corrected chi connectivity index (χ3v) is 3.69. The van der Waals surface area contributed by atoms with Gasteiger partial charge in [0.1, 0.15) is 11.6 Å². The number of nitrogens with one attached hydrogen (secondary N) is 2. The van der Waals surface area contributed by atoms with E-state index in [1.54, 1.807) is 30.3 Å². The molecule has 0 aliphatic heterocycles. The Labute approximate surface area is 152 Å². The zero-order valence-corrected chi connectivity index (χ0v) is 15.3. The van der Waals surface area contributed by atoms with Gasteiger partial charge >= 0.3 is 0 Å². The van der Waals surface area contributed by atoms with E-state index in [4.69, 9.17) is 16.3 Å². The molecular formula is C17H22ClN5O2. The molecule has 7 nitrogen and oxygen atoms in total. The highest BCUT2D eigenvalue weighted by Crippen LogP contribution is 2.27. The molecule has 0 fully saturated rings. The fourth-order valence-corrected chi connectivity index (χ4v) is 2.36. The van der Waals surface area contributed by atoms with Crippen LogP contribution in [0.5, 0.6) is 5.75 Å². The molecule has 25 heavy (non-hydrogen) atoms. The van der Waals surface area contributed by atoms with Crippen molar-refractivity contribution >= 4 is 29.0 Å². The standard InChI is InChI=1S/C17H22ClN5O2/c1-23(2)10-4-9-19-16-8-6-14(21-22-16)17(24)20-12-5-7-15(25-3)13(18)11-12/h5-8,11H,4,9-10H2,1-3H3,(H,19,22)(H,20,24). The zero-order valence-electron chi connectivity index (χ0n) is 14.5. The van der Waals surface area contributed by atoms with Crippen molar-refractivity contribution in [2.75, 3.05) is 44.9 Å². The van der Waals surface area contributed by atoms with Crippen LogP contribution in [-0.2, 0) is 0 Å². The largest absolute Gasteiger partial charge is 0.495 e. The Morgan fingerprint density at radius 1 is 1.24 bits per heavy atom. The maximum absolute atomic E-state index is 12.2. The first-order valence-electron chi connectivity index (χ1n) is 7.87. The van der Waals surface area contributed by atoms with Gasteiger partial charge in [-0.1, -0.05) is 11.6 Å². The molecule has 0 atom stereocenters. The minimum absolute atomic E-state index is 0.228. The van der Waals surface area contributed by atoms with Crippen LogP contribution in [-0.4, -0.2) is 55.3 Å². The summed E-state index contributed by atoms with van der Waals surface area (Å²) in [7, 11) is 5.59. The Morgan fingerprint density at radius 2 is 2.04 bits per heavy atom. The van der Waals surface area contributed by atoms with Crippen molar-refractivity contribution in [2.45, 2.75) is 6.42 Å². The lowest BCUT2D eigenvalue weighted by Crippen LogP contribution is -2.17. The third kappa shape index (κ3) is 5.88. The molecular weight excluding hydrogens is 342 g/mol. The minimum Gasteiger partial charge on any atom is -0.495 e. The second kappa shape index (κ2) is 9.19. The lowest BCUT2D eigenvalue weighted by atomic mass is 10.3. The molecule has 0 bridgehead atoms. The number of carbonyl (C=O) groups excluding carboxylic acids is 1. The Kier molecular flexibility index (Phi) is 6.97. The summed E-state index contributed by atoms with van der Waals surface area (Å²) in [5.41, 5.74) is 0.786. The maximum Gasteiger partial charge on any atom is 0.276 e. The van der Waals surface area contributed by atoms with Crippen LogP contribution < -0.4 is 15.4 Å². The number of benzene rings is 1. The number of ether oxygens (including phenoxy) is 1. The van der Waals surface area contributed by atoms with Crippen LogP contribution in [0.25, 0.3) is 0 Å². The van der Waals surface area contributed by atoms with Crippen LogP contribution in [0.4, 0.5) is 11.5 Å². The van der Waals surface area contributed by atoms with Crippen molar-refractivity contribution in [3.8, 4) is 5.75 Å². The number of aromatic nitrogens is 2. The minimum atomic E-state index is -0.354. The molecule has 134 valence electrons. The molecule has 2 rings (SSSR count). The van der Waals surface area contributed by atoms with Gasteiger partial charge in [-0.15, -0.1) is 10.2 Å². The lowest BCUT2D eigenvalue weighted by molar-refractivity contribution is 0.102. The summed E-state index contributed by atoms with van der Waals surface area (Å²) in [6.07, 6.45) is 0.995. The Hall–Kier alpha value is -2.38. The normalized spacial score (nSPS) is 10.6. The van der Waals surface area contributed by atoms with E-state index in [9.17, 15) is 4.79 Å². The zero-order chi connectivity index (χ0) is 18.2. The number of rotatable bonds is 8. The molecule has 2 aromatic rings. The third-order valence-electron chi connectivity index (χ3n) is 3.40. The monoisotopic (exact) mass is 363 g/mol. The molecule has 1 amide bonds. The predicted molar refractivity (Wildman–Crippen MR) is 99.6 cm³/mol. The summed E-state index contributed by atoms with van der Waals surface area (Å²) in [5.74, 6) is 0.833. The molecule has 8 heteroatoms. The highest BCUT2D eigenvalue weighted by atomic mass is 35.5. The first-order valence-corrected chi connectivity index (χ1v) is 8.24. The van der Waals surface area contributed by atoms with Gasteiger partial charge < -0.3 is 20.3 Å². The van der Waals surface area contributed by atoms with Gasteiger partial charge in [-0.2, -0.15) is 0 Å². The van der Waals surface area contributed by atoms with Gasteiger partial charge in [0.15, 0.2) is 5.69 Å². The number of methoxy groups -OCH3 is 1. The van der Waals surface area contributed by atoms with E-state index in [0.29, 0.717) is 22.3 Å². The van der Waals surface area contributed by atoms with Gasteiger partial charge in [-0.05, 0) is 57.4 Å². The topological polar surface area (TPSA) is 79.4 Å². The number of nitrogens with zero attached hydrogens (tertiary/aromatic N) is 3. The fourth-order valence-electron chi connectivity index (χ4n) is 2.10. The number of halogens is 1. The van der Waals surface area contributed by atoms with Crippen molar-refractivity contribution in [3.63, 3.8) is 0 Å². The van der Waals surface area contributed by atoms with Crippen LogP contribution in [0.15, 0.2) is 30.3 Å². The van der Waals surface area contributed by atoms with Gasteiger partial charge in [-0.3, -0.25) is 4.79 Å². The average molecular weight is 364 g/mol. The first-order chi connectivity index (χ1) is 12.0. The lowest BCUT2D eigenvalue weighted by Gasteiger charge is -2.10. The Bertz CT molecular complexity index is 707. The molecule has 0 aliphatic rings. The number of amides is 1. The second-order valence-electron chi connectivity index (χ2n) is 5.69. The van der Waals surface area contributed by atoms with E-state index < -0.39 is 0 Å². The summed E-state index contributed by atoms with van der Waals surface area (Å²) in [6, 6.07) is 8.37. The number of carbonyl (C=O) groups is 1. The van der Waals surface area contributed by atoms with E-state index in [1.807, 2.05) is 14.1 Å². The van der Waals surface area contributed by atoms with Crippen LogP contribution in [0.2, 0.25) is 5.02 Å². The number of anilines is 2. The smallest absolute Gasteiger partial charge is 0.276 e. The van der Waals surface area contributed by atoms with Crippen LogP contribution in [0.1, 0.15) is 16.9 Å². The van der Waals surface area contributed by atoms with Gasteiger partial charge in [0.25, 0.3) is 5.91 Å². The van der Waals surface area contributed by atoms with E-state index in [1.165, 1.54) is 7.11 Å². The van der Waals surface area contributed by atoms with Crippen LogP contribution in [0, 0.1) is 0 Å². The van der Waals surface area contributed by atoms with E-state index in [-0.39, 0.29) is 11.6 Å². The number of hydrogen-bond donors (Lipinski definition) is 2. The predicted octanol–water partition coefficient (Wildman–Crippen LogP) is 2.75. The average Bonchev–Trinajstić information content (AvgIpc) is 2.59. The maximum atomic E-state index is 12.2. The van der Waals surface area contributed by atoms with Gasteiger partial charge in [-0.25, -0.2) is 0 Å². The summed E-state index contributed by atoms with van der Waals surface area (Å²) >= 11 is 6.04. The molecule has 1 aromatic carbocycles. The highest BCUT2D eigenvalue weighted by molar-refractivity contribution is 6.32. The van der Waals surface area contributed by atoms with Gasteiger partial charge in [0, 0.05) is 12.2 Å². The summed E-state index contributed by atoms with van der Waals surface area (Å²) in [4.78, 5) is 14.3. The van der Waals surface area contributed by atoms with Crippen molar-refractivity contribution in [2.24, 2.45) is 0 Å². The molecule has 0 aliphatic carbocycles. The second-order valence-corrected chi connectivity index (χ2v) is 6.10. The van der Waals surface area contributed by atoms with Crippen LogP contribution >= 0.6 is 11.6 Å². The van der Waals surface area contributed by atoms with Crippen LogP contribution in [0.3, 0.4) is 0 Å². The van der Waals surface area contributed by atoms with E-state index >= 15 is 0 Å². The van der Waals surface area contributed by atoms with E-state index in [0.717, 1.165) is 19.5 Å². The molecule has 2 N–H and O–H groups in total. The molecule has 0 saturated heterocycles. The fraction of sp³-hybridized carbons (Fsp3) is 0.353. The van der Waals surface area contributed by atoms with Gasteiger partial charge in [0.2, 0.25) is 0 Å². The van der Waals surface area contributed by atoms with Crippen molar-refractivity contribution in [1.82, 2.24) is 15.1 Å². The molecule has 0 unspecified atom stereocenters.